The number of hydrogen-bond acceptors (Lipinski definition) is 6. The van der Waals surface area contributed by atoms with Gasteiger partial charge in [-0.05, 0) is 24.3 Å². The maximum Gasteiger partial charge on any atom is 0.306 e. The Kier molecular flexibility index (Phi) is 4.47. The molecule has 4 rings (SSSR count). The van der Waals surface area contributed by atoms with Crippen LogP contribution in [0.4, 0.5) is 20.9 Å². The van der Waals surface area contributed by atoms with Gasteiger partial charge in [0.2, 0.25) is 17.6 Å². The van der Waals surface area contributed by atoms with Crippen molar-refractivity contribution in [3.8, 4) is 0 Å². The van der Waals surface area contributed by atoms with Gasteiger partial charge in [0.05, 0.1) is 26.7 Å². The predicted molar refractivity (Wildman–Crippen MR) is 102 cm³/mol. The number of anilines is 2. The van der Waals surface area contributed by atoms with E-state index in [1.54, 1.807) is 0 Å². The van der Waals surface area contributed by atoms with Gasteiger partial charge in [0.1, 0.15) is 0 Å². The number of nitrogens with zero attached hydrogens (tertiary/aromatic N) is 3. The second-order valence-electron chi connectivity index (χ2n) is 6.27. The van der Waals surface area contributed by atoms with E-state index in [9.17, 15) is 24.1 Å². The summed E-state index contributed by atoms with van der Waals surface area (Å²) in [6, 6.07) is 10.7. The standard InChI is InChI=1S/C18H13FN4O4S/c19-12-6-5-11(8-14(12)23(26)27)22-9-10(7-16(22)24)17(25)21-18-20-13-3-1-2-4-15(13)28-18/h1-6,8,10H,7,9H2,(H,20,21,25). The second kappa shape index (κ2) is 6.97. The van der Waals surface area contributed by atoms with Crippen molar-refractivity contribution in [3.63, 3.8) is 0 Å². The van der Waals surface area contributed by atoms with Crippen LogP contribution in [-0.4, -0.2) is 28.3 Å². The number of rotatable bonds is 4. The van der Waals surface area contributed by atoms with Gasteiger partial charge in [-0.2, -0.15) is 4.39 Å². The third-order valence-corrected chi connectivity index (χ3v) is 5.41. The SMILES string of the molecule is O=C(Nc1nc2ccccc2s1)C1CC(=O)N(c2ccc(F)c([N+](=O)[O-])c2)C1. The molecule has 0 spiro atoms. The van der Waals surface area contributed by atoms with Gasteiger partial charge < -0.3 is 10.2 Å². The Balaban J connectivity index is 1.50. The van der Waals surface area contributed by atoms with E-state index < -0.39 is 22.3 Å². The number of benzene rings is 2. The monoisotopic (exact) mass is 400 g/mol. The minimum absolute atomic E-state index is 0.0398. The Morgan fingerprint density at radius 2 is 2.11 bits per heavy atom. The highest BCUT2D eigenvalue weighted by atomic mass is 32.1. The zero-order chi connectivity index (χ0) is 19.8. The molecule has 1 fully saturated rings. The van der Waals surface area contributed by atoms with Gasteiger partial charge in [-0.1, -0.05) is 23.5 Å². The predicted octanol–water partition coefficient (Wildman–Crippen LogP) is 3.34. The normalized spacial score (nSPS) is 16.5. The topological polar surface area (TPSA) is 105 Å². The smallest absolute Gasteiger partial charge is 0.306 e. The Bertz CT molecular complexity index is 1080. The number of amides is 2. The lowest BCUT2D eigenvalue weighted by atomic mass is 10.1. The van der Waals surface area contributed by atoms with Crippen LogP contribution < -0.4 is 10.2 Å². The van der Waals surface area contributed by atoms with Crippen molar-refractivity contribution in [2.24, 2.45) is 5.92 Å². The van der Waals surface area contributed by atoms with Crippen molar-refractivity contribution in [2.45, 2.75) is 6.42 Å². The highest BCUT2D eigenvalue weighted by Gasteiger charge is 2.36. The van der Waals surface area contributed by atoms with Gasteiger partial charge in [0.15, 0.2) is 5.13 Å². The van der Waals surface area contributed by atoms with Crippen molar-refractivity contribution in [3.05, 3.63) is 58.4 Å². The molecule has 2 aromatic carbocycles. The van der Waals surface area contributed by atoms with Crippen molar-refractivity contribution in [1.29, 1.82) is 0 Å². The molecule has 0 saturated carbocycles. The van der Waals surface area contributed by atoms with E-state index in [-0.39, 0.29) is 30.5 Å². The lowest BCUT2D eigenvalue weighted by molar-refractivity contribution is -0.387. The molecule has 142 valence electrons. The maximum atomic E-state index is 13.5. The van der Waals surface area contributed by atoms with Crippen LogP contribution in [-0.2, 0) is 9.59 Å². The van der Waals surface area contributed by atoms with Crippen molar-refractivity contribution < 1.29 is 18.9 Å². The van der Waals surface area contributed by atoms with Crippen molar-refractivity contribution >= 4 is 49.9 Å². The average molecular weight is 400 g/mol. The molecule has 1 saturated heterocycles. The van der Waals surface area contributed by atoms with E-state index in [1.165, 1.54) is 22.3 Å². The third-order valence-electron chi connectivity index (χ3n) is 4.46. The van der Waals surface area contributed by atoms with Gasteiger partial charge >= 0.3 is 5.69 Å². The lowest BCUT2D eigenvalue weighted by Gasteiger charge is -2.16. The number of aromatic nitrogens is 1. The molecule has 1 aliphatic rings. The molecule has 10 heteroatoms. The Labute approximate surface area is 161 Å². The number of thiazole rings is 1. The minimum Gasteiger partial charge on any atom is -0.311 e. The molecule has 1 atom stereocenters. The largest absolute Gasteiger partial charge is 0.311 e. The molecule has 8 nitrogen and oxygen atoms in total. The van der Waals surface area contributed by atoms with E-state index in [2.05, 4.69) is 10.3 Å². The molecular weight excluding hydrogens is 387 g/mol. The first kappa shape index (κ1) is 18.0. The number of fused-ring (bicyclic) bond motifs is 1. The van der Waals surface area contributed by atoms with Crippen LogP contribution in [0.25, 0.3) is 10.2 Å². The number of hydrogen-bond donors (Lipinski definition) is 1. The molecule has 2 heterocycles. The maximum absolute atomic E-state index is 13.5. The number of halogens is 1. The van der Waals surface area contributed by atoms with Gasteiger partial charge in [0, 0.05) is 19.0 Å². The van der Waals surface area contributed by atoms with Gasteiger partial charge in [-0.25, -0.2) is 4.98 Å². The molecule has 0 aliphatic carbocycles. The van der Waals surface area contributed by atoms with Crippen LogP contribution >= 0.6 is 11.3 Å². The van der Waals surface area contributed by atoms with E-state index in [0.29, 0.717) is 5.13 Å². The fourth-order valence-corrected chi connectivity index (χ4v) is 3.94. The molecule has 3 aromatic rings. The van der Waals surface area contributed by atoms with Crippen LogP contribution in [0.3, 0.4) is 0 Å². The first-order valence-electron chi connectivity index (χ1n) is 8.33. The Hall–Kier alpha value is -3.40. The second-order valence-corrected chi connectivity index (χ2v) is 7.30. The fourth-order valence-electron chi connectivity index (χ4n) is 3.07. The molecule has 0 bridgehead atoms. The summed E-state index contributed by atoms with van der Waals surface area (Å²) < 4.78 is 14.5. The van der Waals surface area contributed by atoms with Crippen LogP contribution in [0.5, 0.6) is 0 Å². The third kappa shape index (κ3) is 3.29. The number of nitro groups is 1. The van der Waals surface area contributed by atoms with Crippen LogP contribution in [0.1, 0.15) is 6.42 Å². The quantitative estimate of drug-likeness (QED) is 0.534. The number of carbonyl (C=O) groups is 2. The number of nitrogens with one attached hydrogen (secondary N) is 1. The Morgan fingerprint density at radius 3 is 2.86 bits per heavy atom. The van der Waals surface area contributed by atoms with E-state index in [1.807, 2.05) is 24.3 Å². The summed E-state index contributed by atoms with van der Waals surface area (Å²) in [7, 11) is 0. The molecule has 1 aliphatic heterocycles. The van der Waals surface area contributed by atoms with Gasteiger partial charge in [0.25, 0.3) is 0 Å². The minimum atomic E-state index is -0.981. The molecule has 1 aromatic heterocycles. The molecule has 1 N–H and O–H groups in total. The van der Waals surface area contributed by atoms with E-state index in [4.69, 9.17) is 0 Å². The number of carbonyl (C=O) groups excluding carboxylic acids is 2. The molecule has 0 radical (unpaired) electrons. The summed E-state index contributed by atoms with van der Waals surface area (Å²) in [6.45, 7) is 0.0539. The van der Waals surface area contributed by atoms with Crippen molar-refractivity contribution in [1.82, 2.24) is 4.98 Å². The number of nitro benzene ring substituents is 1. The molecule has 28 heavy (non-hydrogen) atoms. The van der Waals surface area contributed by atoms with Gasteiger partial charge in [-0.15, -0.1) is 0 Å². The van der Waals surface area contributed by atoms with E-state index in [0.717, 1.165) is 22.3 Å². The van der Waals surface area contributed by atoms with Crippen molar-refractivity contribution in [2.75, 3.05) is 16.8 Å². The summed E-state index contributed by atoms with van der Waals surface area (Å²) in [5, 5.41) is 14.1. The fraction of sp³-hybridized carbons (Fsp3) is 0.167. The first-order chi connectivity index (χ1) is 13.4. The summed E-state index contributed by atoms with van der Waals surface area (Å²) >= 11 is 1.33. The molecule has 1 unspecified atom stereocenters. The highest BCUT2D eigenvalue weighted by molar-refractivity contribution is 7.22. The summed E-state index contributed by atoms with van der Waals surface area (Å²) in [4.78, 5) is 40.5. The first-order valence-corrected chi connectivity index (χ1v) is 9.15. The molecular formula is C18H13FN4O4S. The highest BCUT2D eigenvalue weighted by Crippen LogP contribution is 2.31. The zero-order valence-corrected chi connectivity index (χ0v) is 15.1. The van der Waals surface area contributed by atoms with E-state index >= 15 is 0 Å². The zero-order valence-electron chi connectivity index (χ0n) is 14.3. The summed E-state index contributed by atoms with van der Waals surface area (Å²) in [6.07, 6.45) is -0.0398. The van der Waals surface area contributed by atoms with Crippen LogP contribution in [0.2, 0.25) is 0 Å². The van der Waals surface area contributed by atoms with Crippen LogP contribution in [0, 0.1) is 21.8 Å². The van der Waals surface area contributed by atoms with Gasteiger partial charge in [-0.3, -0.25) is 19.7 Å². The lowest BCUT2D eigenvalue weighted by Crippen LogP contribution is -2.28. The van der Waals surface area contributed by atoms with Crippen LogP contribution in [0.15, 0.2) is 42.5 Å². The molecule has 2 amide bonds. The Morgan fingerprint density at radius 1 is 1.32 bits per heavy atom. The summed E-state index contributed by atoms with van der Waals surface area (Å²) in [5.74, 6) is -2.33. The summed E-state index contributed by atoms with van der Waals surface area (Å²) in [5.41, 5.74) is 0.242. The average Bonchev–Trinajstić information content (AvgIpc) is 3.24. The number of para-hydroxylation sites is 1.